The van der Waals surface area contributed by atoms with Gasteiger partial charge in [0.15, 0.2) is 5.82 Å². The maximum Gasteiger partial charge on any atom is 0.231 e. The van der Waals surface area contributed by atoms with E-state index in [1.54, 1.807) is 0 Å². The largest absolute Gasteiger partial charge is 0.339 e. The summed E-state index contributed by atoms with van der Waals surface area (Å²) in [4.78, 5) is 4.52. The maximum absolute atomic E-state index is 5.86. The van der Waals surface area contributed by atoms with Crippen molar-refractivity contribution < 1.29 is 4.52 Å². The lowest BCUT2D eigenvalue weighted by molar-refractivity contribution is 0.343. The van der Waals surface area contributed by atoms with Gasteiger partial charge in [0.1, 0.15) is 0 Å². The van der Waals surface area contributed by atoms with Gasteiger partial charge in [-0.05, 0) is 6.92 Å². The predicted molar refractivity (Wildman–Crippen MR) is 78.1 cm³/mol. The van der Waals surface area contributed by atoms with Gasteiger partial charge in [0.05, 0.1) is 11.2 Å². The number of nitrogens with zero attached hydrogens (tertiary/aromatic N) is 2. The fourth-order valence-electron chi connectivity index (χ4n) is 1.71. The van der Waals surface area contributed by atoms with E-state index in [0.29, 0.717) is 21.6 Å². The minimum atomic E-state index is 0.0330. The molecule has 1 aliphatic rings. The summed E-state index contributed by atoms with van der Waals surface area (Å²) in [5.41, 5.74) is 5.86. The standard InChI is InChI=1S/C12H21N3OS2/c1-6(7(2)13)12-14-11(15-16-12)10-5-17-8(3)9(4)18-10/h6-10H,5,13H2,1-4H3. The molecule has 0 radical (unpaired) electrons. The summed E-state index contributed by atoms with van der Waals surface area (Å²) in [6.07, 6.45) is 0. The quantitative estimate of drug-likeness (QED) is 0.922. The van der Waals surface area contributed by atoms with E-state index in [4.69, 9.17) is 10.3 Å². The summed E-state index contributed by atoms with van der Waals surface area (Å²) in [5, 5.41) is 5.79. The van der Waals surface area contributed by atoms with Crippen molar-refractivity contribution in [1.29, 1.82) is 0 Å². The second-order valence-electron chi connectivity index (χ2n) is 5.01. The number of nitrogens with two attached hydrogens (primary N) is 1. The molecule has 102 valence electrons. The van der Waals surface area contributed by atoms with E-state index >= 15 is 0 Å². The minimum absolute atomic E-state index is 0.0330. The van der Waals surface area contributed by atoms with E-state index in [2.05, 4.69) is 24.0 Å². The van der Waals surface area contributed by atoms with Gasteiger partial charge in [-0.1, -0.05) is 25.9 Å². The lowest BCUT2D eigenvalue weighted by atomic mass is 10.1. The molecule has 4 nitrogen and oxygen atoms in total. The predicted octanol–water partition coefficient (Wildman–Crippen LogP) is 2.82. The normalized spacial score (nSPS) is 32.2. The van der Waals surface area contributed by atoms with Crippen LogP contribution in [0.15, 0.2) is 4.52 Å². The molecule has 1 aromatic heterocycles. The Balaban J connectivity index is 2.06. The van der Waals surface area contributed by atoms with Gasteiger partial charge >= 0.3 is 0 Å². The van der Waals surface area contributed by atoms with Crippen LogP contribution in [0.2, 0.25) is 0 Å². The molecule has 2 rings (SSSR count). The van der Waals surface area contributed by atoms with Crippen LogP contribution in [0.5, 0.6) is 0 Å². The SMILES string of the molecule is CC(N)C(C)c1nc(C2CSC(C)C(C)S2)no1. The summed E-state index contributed by atoms with van der Waals surface area (Å²) in [5.74, 6) is 2.66. The van der Waals surface area contributed by atoms with E-state index in [1.807, 2.05) is 37.4 Å². The van der Waals surface area contributed by atoms with Crippen LogP contribution in [-0.4, -0.2) is 32.4 Å². The maximum atomic E-state index is 5.86. The van der Waals surface area contributed by atoms with Gasteiger partial charge in [-0.3, -0.25) is 0 Å². The molecule has 0 saturated carbocycles. The van der Waals surface area contributed by atoms with Crippen LogP contribution in [0.25, 0.3) is 0 Å². The van der Waals surface area contributed by atoms with Gasteiger partial charge in [0.2, 0.25) is 5.89 Å². The van der Waals surface area contributed by atoms with Crippen LogP contribution in [0.3, 0.4) is 0 Å². The van der Waals surface area contributed by atoms with Crippen molar-refractivity contribution in [2.75, 3.05) is 5.75 Å². The number of hydrogen-bond acceptors (Lipinski definition) is 6. The van der Waals surface area contributed by atoms with E-state index in [9.17, 15) is 0 Å². The highest BCUT2D eigenvalue weighted by atomic mass is 32.2. The van der Waals surface area contributed by atoms with E-state index in [-0.39, 0.29) is 12.0 Å². The molecule has 1 fully saturated rings. The van der Waals surface area contributed by atoms with Crippen LogP contribution in [0.1, 0.15) is 50.6 Å². The van der Waals surface area contributed by atoms with Crippen molar-refractivity contribution in [2.45, 2.75) is 55.4 Å². The first-order valence-corrected chi connectivity index (χ1v) is 8.34. The summed E-state index contributed by atoms with van der Waals surface area (Å²) in [6.45, 7) is 8.53. The van der Waals surface area contributed by atoms with E-state index < -0.39 is 0 Å². The molecule has 6 heteroatoms. The summed E-state index contributed by atoms with van der Waals surface area (Å²) in [7, 11) is 0. The molecule has 0 spiro atoms. The molecular formula is C12H21N3OS2. The van der Waals surface area contributed by atoms with Crippen molar-refractivity contribution in [3.8, 4) is 0 Å². The van der Waals surface area contributed by atoms with Gasteiger partial charge < -0.3 is 10.3 Å². The van der Waals surface area contributed by atoms with Crippen LogP contribution >= 0.6 is 23.5 Å². The molecule has 1 aliphatic heterocycles. The van der Waals surface area contributed by atoms with Crippen molar-refractivity contribution in [3.05, 3.63) is 11.7 Å². The molecule has 2 heterocycles. The first kappa shape index (κ1) is 14.2. The Bertz CT molecular complexity index is 396. The molecule has 1 aromatic rings. The summed E-state index contributed by atoms with van der Waals surface area (Å²) >= 11 is 3.93. The third kappa shape index (κ3) is 3.03. The average molecular weight is 287 g/mol. The van der Waals surface area contributed by atoms with Gasteiger partial charge in [-0.15, -0.1) is 11.8 Å². The Labute approximate surface area is 117 Å². The van der Waals surface area contributed by atoms with Gasteiger partial charge in [0.25, 0.3) is 0 Å². The van der Waals surface area contributed by atoms with Crippen LogP contribution in [0.4, 0.5) is 0 Å². The van der Waals surface area contributed by atoms with Crippen molar-refractivity contribution >= 4 is 23.5 Å². The smallest absolute Gasteiger partial charge is 0.231 e. The van der Waals surface area contributed by atoms with Gasteiger partial charge in [0, 0.05) is 22.3 Å². The fraction of sp³-hybridized carbons (Fsp3) is 0.833. The highest BCUT2D eigenvalue weighted by molar-refractivity contribution is 8.07. The monoisotopic (exact) mass is 287 g/mol. The summed E-state index contributed by atoms with van der Waals surface area (Å²) in [6, 6.07) is 0.0330. The Morgan fingerprint density at radius 2 is 2.06 bits per heavy atom. The van der Waals surface area contributed by atoms with Crippen molar-refractivity contribution in [2.24, 2.45) is 5.73 Å². The third-order valence-corrected chi connectivity index (χ3v) is 6.86. The van der Waals surface area contributed by atoms with E-state index in [0.717, 1.165) is 11.6 Å². The number of rotatable bonds is 3. The molecule has 1 saturated heterocycles. The lowest BCUT2D eigenvalue weighted by Gasteiger charge is -2.29. The third-order valence-electron chi connectivity index (χ3n) is 3.47. The molecular weight excluding hydrogens is 266 g/mol. The lowest BCUT2D eigenvalue weighted by Crippen LogP contribution is -2.23. The first-order chi connectivity index (χ1) is 8.49. The first-order valence-electron chi connectivity index (χ1n) is 6.35. The zero-order valence-corrected chi connectivity index (χ0v) is 12.9. The summed E-state index contributed by atoms with van der Waals surface area (Å²) < 4.78 is 5.34. The molecule has 5 unspecified atom stereocenters. The average Bonchev–Trinajstić information content (AvgIpc) is 2.81. The van der Waals surface area contributed by atoms with Crippen LogP contribution in [-0.2, 0) is 0 Å². The highest BCUT2D eigenvalue weighted by Crippen LogP contribution is 2.43. The van der Waals surface area contributed by atoms with Gasteiger partial charge in [-0.25, -0.2) is 0 Å². The Morgan fingerprint density at radius 1 is 1.33 bits per heavy atom. The number of aromatic nitrogens is 2. The number of hydrogen-bond donors (Lipinski definition) is 1. The molecule has 0 aliphatic carbocycles. The zero-order valence-electron chi connectivity index (χ0n) is 11.3. The Hall–Kier alpha value is -0.200. The Kier molecular flexibility index (Phi) is 4.61. The molecule has 0 bridgehead atoms. The minimum Gasteiger partial charge on any atom is -0.339 e. The fourth-order valence-corrected chi connectivity index (χ4v) is 4.54. The van der Waals surface area contributed by atoms with Crippen LogP contribution in [0, 0.1) is 0 Å². The highest BCUT2D eigenvalue weighted by Gasteiger charge is 2.30. The topological polar surface area (TPSA) is 64.9 Å². The molecule has 18 heavy (non-hydrogen) atoms. The number of thioether (sulfide) groups is 2. The van der Waals surface area contributed by atoms with Crippen LogP contribution < -0.4 is 5.73 Å². The molecule has 0 aromatic carbocycles. The van der Waals surface area contributed by atoms with E-state index in [1.165, 1.54) is 0 Å². The zero-order chi connectivity index (χ0) is 13.3. The van der Waals surface area contributed by atoms with Crippen molar-refractivity contribution in [3.63, 3.8) is 0 Å². The van der Waals surface area contributed by atoms with Gasteiger partial charge in [-0.2, -0.15) is 16.7 Å². The second-order valence-corrected chi connectivity index (χ2v) is 8.00. The Morgan fingerprint density at radius 3 is 2.67 bits per heavy atom. The second kappa shape index (κ2) is 5.84. The molecule has 5 atom stereocenters. The molecule has 0 amide bonds. The van der Waals surface area contributed by atoms with Crippen molar-refractivity contribution in [1.82, 2.24) is 10.1 Å². The molecule has 2 N–H and O–H groups in total.